The summed E-state index contributed by atoms with van der Waals surface area (Å²) < 4.78 is 11.4. The van der Waals surface area contributed by atoms with Crippen LogP contribution in [0.5, 0.6) is 11.5 Å². The van der Waals surface area contributed by atoms with E-state index >= 15 is 0 Å². The Morgan fingerprint density at radius 3 is 2.71 bits per heavy atom. The molecule has 2 aliphatic heterocycles. The molecule has 0 bridgehead atoms. The molecule has 0 aliphatic carbocycles. The van der Waals surface area contributed by atoms with Crippen molar-refractivity contribution in [3.05, 3.63) is 53.6 Å². The third-order valence-electron chi connectivity index (χ3n) is 5.24. The molecule has 0 radical (unpaired) electrons. The van der Waals surface area contributed by atoms with Crippen molar-refractivity contribution in [1.29, 1.82) is 0 Å². The van der Waals surface area contributed by atoms with Crippen LogP contribution in [0.3, 0.4) is 0 Å². The zero-order valence-corrected chi connectivity index (χ0v) is 17.7. The molecule has 162 valence electrons. The van der Waals surface area contributed by atoms with Crippen LogP contribution in [-0.4, -0.2) is 47.8 Å². The summed E-state index contributed by atoms with van der Waals surface area (Å²) in [4.78, 5) is 38.6. The summed E-state index contributed by atoms with van der Waals surface area (Å²) in [6.45, 7) is 0.937. The van der Waals surface area contributed by atoms with Crippen molar-refractivity contribution in [2.45, 2.75) is 31.8 Å². The molecule has 2 heterocycles. The van der Waals surface area contributed by atoms with Crippen molar-refractivity contribution < 1.29 is 23.9 Å². The van der Waals surface area contributed by atoms with Gasteiger partial charge in [-0.15, -0.1) is 11.6 Å². The van der Waals surface area contributed by atoms with Gasteiger partial charge < -0.3 is 14.8 Å². The highest BCUT2D eigenvalue weighted by molar-refractivity contribution is 6.21. The summed E-state index contributed by atoms with van der Waals surface area (Å²) in [6.07, 6.45) is 2.64. The average molecular weight is 443 g/mol. The van der Waals surface area contributed by atoms with Gasteiger partial charge in [0.05, 0.1) is 23.8 Å². The topological polar surface area (TPSA) is 84.9 Å². The smallest absolute Gasteiger partial charge is 0.261 e. The standard InChI is InChI=1S/C23H23ClN2O5/c24-10-2-7-21(27)25-15-4-1-5-16(12-15)31-17-8-9-19-20(13-17)23(29)26(22(19)28)14-18-6-3-11-30-18/h1,4-5,8-9,12-13,18H,2-3,6-7,10-11,14H2,(H,25,27). The minimum absolute atomic E-state index is 0.0969. The van der Waals surface area contributed by atoms with E-state index in [4.69, 9.17) is 21.1 Å². The van der Waals surface area contributed by atoms with E-state index in [2.05, 4.69) is 5.32 Å². The quantitative estimate of drug-likeness (QED) is 0.489. The van der Waals surface area contributed by atoms with Gasteiger partial charge in [0.1, 0.15) is 11.5 Å². The Hall–Kier alpha value is -2.90. The molecule has 2 aromatic rings. The second kappa shape index (κ2) is 9.49. The van der Waals surface area contributed by atoms with Gasteiger partial charge in [-0.25, -0.2) is 0 Å². The van der Waals surface area contributed by atoms with Gasteiger partial charge in [0, 0.05) is 30.7 Å². The van der Waals surface area contributed by atoms with Gasteiger partial charge in [-0.3, -0.25) is 19.3 Å². The Morgan fingerprint density at radius 1 is 1.13 bits per heavy atom. The molecule has 0 spiro atoms. The normalized spacial score (nSPS) is 17.7. The van der Waals surface area contributed by atoms with Gasteiger partial charge in [0.2, 0.25) is 5.91 Å². The molecular weight excluding hydrogens is 420 g/mol. The minimum Gasteiger partial charge on any atom is -0.457 e. The maximum absolute atomic E-state index is 12.8. The van der Waals surface area contributed by atoms with Crippen LogP contribution in [-0.2, 0) is 9.53 Å². The number of halogens is 1. The van der Waals surface area contributed by atoms with Crippen molar-refractivity contribution in [2.24, 2.45) is 0 Å². The molecular formula is C23H23ClN2O5. The largest absolute Gasteiger partial charge is 0.457 e. The van der Waals surface area contributed by atoms with E-state index in [1.54, 1.807) is 42.5 Å². The number of fused-ring (bicyclic) bond motifs is 1. The number of nitrogens with one attached hydrogen (secondary N) is 1. The third-order valence-corrected chi connectivity index (χ3v) is 5.51. The van der Waals surface area contributed by atoms with E-state index in [0.29, 0.717) is 53.6 Å². The highest BCUT2D eigenvalue weighted by atomic mass is 35.5. The van der Waals surface area contributed by atoms with Crippen LogP contribution in [0.2, 0.25) is 0 Å². The summed E-state index contributed by atoms with van der Waals surface area (Å²) in [7, 11) is 0. The van der Waals surface area contributed by atoms with Crippen LogP contribution in [0, 0.1) is 0 Å². The molecule has 7 nitrogen and oxygen atoms in total. The fourth-order valence-corrected chi connectivity index (χ4v) is 3.85. The van der Waals surface area contributed by atoms with E-state index in [1.165, 1.54) is 4.90 Å². The van der Waals surface area contributed by atoms with Crippen molar-refractivity contribution in [1.82, 2.24) is 4.90 Å². The van der Waals surface area contributed by atoms with Gasteiger partial charge in [-0.1, -0.05) is 6.07 Å². The Bertz CT molecular complexity index is 1000. The number of benzene rings is 2. The Labute approximate surface area is 185 Å². The number of hydrogen-bond donors (Lipinski definition) is 1. The van der Waals surface area contributed by atoms with E-state index < -0.39 is 0 Å². The first-order chi connectivity index (χ1) is 15.0. The zero-order chi connectivity index (χ0) is 21.8. The maximum atomic E-state index is 12.8. The molecule has 2 aromatic carbocycles. The lowest BCUT2D eigenvalue weighted by Crippen LogP contribution is -2.36. The molecule has 0 aromatic heterocycles. The van der Waals surface area contributed by atoms with Gasteiger partial charge in [-0.05, 0) is 49.6 Å². The van der Waals surface area contributed by atoms with Crippen molar-refractivity contribution in [3.63, 3.8) is 0 Å². The van der Waals surface area contributed by atoms with Gasteiger partial charge >= 0.3 is 0 Å². The molecule has 4 rings (SSSR count). The summed E-state index contributed by atoms with van der Waals surface area (Å²) in [5, 5.41) is 2.80. The number of amides is 3. The molecule has 31 heavy (non-hydrogen) atoms. The molecule has 3 amide bonds. The lowest BCUT2D eigenvalue weighted by Gasteiger charge is -2.17. The second-order valence-electron chi connectivity index (χ2n) is 7.53. The molecule has 1 N–H and O–H groups in total. The molecule has 1 saturated heterocycles. The van der Waals surface area contributed by atoms with Gasteiger partial charge in [0.25, 0.3) is 11.8 Å². The fraction of sp³-hybridized carbons (Fsp3) is 0.348. The van der Waals surface area contributed by atoms with Crippen LogP contribution >= 0.6 is 11.6 Å². The number of rotatable bonds is 8. The molecule has 2 aliphatic rings. The third kappa shape index (κ3) is 4.89. The average Bonchev–Trinajstić information content (AvgIpc) is 3.36. The van der Waals surface area contributed by atoms with Crippen LogP contribution in [0.25, 0.3) is 0 Å². The lowest BCUT2D eigenvalue weighted by atomic mass is 10.1. The molecule has 8 heteroatoms. The summed E-state index contributed by atoms with van der Waals surface area (Å²) in [6, 6.07) is 11.8. The molecule has 0 saturated carbocycles. The summed E-state index contributed by atoms with van der Waals surface area (Å²) >= 11 is 5.62. The molecule has 1 unspecified atom stereocenters. The number of carbonyl (C=O) groups is 3. The monoisotopic (exact) mass is 442 g/mol. The van der Waals surface area contributed by atoms with Crippen LogP contribution in [0.1, 0.15) is 46.4 Å². The molecule has 1 atom stereocenters. The summed E-state index contributed by atoms with van der Waals surface area (Å²) in [5.41, 5.74) is 1.30. The van der Waals surface area contributed by atoms with E-state index in [-0.39, 0.29) is 30.4 Å². The predicted molar refractivity (Wildman–Crippen MR) is 116 cm³/mol. The van der Waals surface area contributed by atoms with Crippen LogP contribution in [0.4, 0.5) is 5.69 Å². The Kier molecular flexibility index (Phi) is 6.53. The maximum Gasteiger partial charge on any atom is 0.261 e. The van der Waals surface area contributed by atoms with Crippen molar-refractivity contribution in [3.8, 4) is 11.5 Å². The summed E-state index contributed by atoms with van der Waals surface area (Å²) in [5.74, 6) is 0.615. The number of carbonyl (C=O) groups excluding carboxylic acids is 3. The van der Waals surface area contributed by atoms with Crippen LogP contribution < -0.4 is 10.1 Å². The number of nitrogens with zero attached hydrogens (tertiary/aromatic N) is 1. The second-order valence-corrected chi connectivity index (χ2v) is 7.91. The molecule has 1 fully saturated rings. The number of anilines is 1. The SMILES string of the molecule is O=C(CCCCl)Nc1cccc(Oc2ccc3c(c2)C(=O)N(CC2CCCO2)C3=O)c1. The first-order valence-electron chi connectivity index (χ1n) is 10.3. The van der Waals surface area contributed by atoms with Crippen LogP contribution in [0.15, 0.2) is 42.5 Å². The Balaban J connectivity index is 1.45. The number of alkyl halides is 1. The lowest BCUT2D eigenvalue weighted by molar-refractivity contribution is -0.116. The number of imide groups is 1. The van der Waals surface area contributed by atoms with E-state index in [1.807, 2.05) is 0 Å². The number of hydrogen-bond acceptors (Lipinski definition) is 5. The highest BCUT2D eigenvalue weighted by Crippen LogP contribution is 2.31. The highest BCUT2D eigenvalue weighted by Gasteiger charge is 2.37. The first-order valence-corrected chi connectivity index (χ1v) is 10.8. The minimum atomic E-state index is -0.332. The van der Waals surface area contributed by atoms with Crippen molar-refractivity contribution >= 4 is 35.0 Å². The van der Waals surface area contributed by atoms with E-state index in [9.17, 15) is 14.4 Å². The van der Waals surface area contributed by atoms with E-state index in [0.717, 1.165) is 12.8 Å². The Morgan fingerprint density at radius 2 is 1.94 bits per heavy atom. The van der Waals surface area contributed by atoms with Gasteiger partial charge in [-0.2, -0.15) is 0 Å². The van der Waals surface area contributed by atoms with Crippen molar-refractivity contribution in [2.75, 3.05) is 24.3 Å². The fourth-order valence-electron chi connectivity index (χ4n) is 3.72. The number of ether oxygens (including phenoxy) is 2. The predicted octanol–water partition coefficient (Wildman–Crippen LogP) is 4.21. The zero-order valence-electron chi connectivity index (χ0n) is 16.9. The van der Waals surface area contributed by atoms with Gasteiger partial charge in [0.15, 0.2) is 0 Å². The first kappa shape index (κ1) is 21.3.